The summed E-state index contributed by atoms with van der Waals surface area (Å²) in [5, 5.41) is 12.5. The van der Waals surface area contributed by atoms with E-state index in [9.17, 15) is 14.4 Å². The number of hydroxylamine groups is 1. The highest BCUT2D eigenvalue weighted by Crippen LogP contribution is 2.19. The molecule has 9 nitrogen and oxygen atoms in total. The van der Waals surface area contributed by atoms with Crippen molar-refractivity contribution in [1.29, 1.82) is 0 Å². The lowest BCUT2D eigenvalue weighted by Crippen LogP contribution is -2.40. The van der Waals surface area contributed by atoms with E-state index in [-0.39, 0.29) is 6.04 Å². The van der Waals surface area contributed by atoms with Gasteiger partial charge in [0, 0.05) is 24.4 Å². The lowest BCUT2D eigenvalue weighted by atomic mass is 10.1. The Hall–Kier alpha value is -3.20. The zero-order valence-corrected chi connectivity index (χ0v) is 16.7. The SMILES string of the molecule is CC(C)(C)OC(=O)N1CCC[C@H]1C=NNC(=O)c1cccc(C=CC(=O)NO)c1. The van der Waals surface area contributed by atoms with Gasteiger partial charge in [-0.3, -0.25) is 14.8 Å². The third-order valence-corrected chi connectivity index (χ3v) is 4.03. The zero-order valence-electron chi connectivity index (χ0n) is 16.7. The average molecular weight is 402 g/mol. The molecule has 0 spiro atoms. The number of amides is 3. The van der Waals surface area contributed by atoms with Gasteiger partial charge in [-0.1, -0.05) is 12.1 Å². The Morgan fingerprint density at radius 1 is 1.31 bits per heavy atom. The Morgan fingerprint density at radius 3 is 2.76 bits per heavy atom. The van der Waals surface area contributed by atoms with Gasteiger partial charge in [0.2, 0.25) is 0 Å². The third kappa shape index (κ3) is 7.04. The summed E-state index contributed by atoms with van der Waals surface area (Å²) in [6, 6.07) is 6.32. The Bertz CT molecular complexity index is 813. The van der Waals surface area contributed by atoms with E-state index in [2.05, 4.69) is 10.5 Å². The van der Waals surface area contributed by atoms with E-state index >= 15 is 0 Å². The predicted molar refractivity (Wildman–Crippen MR) is 107 cm³/mol. The van der Waals surface area contributed by atoms with Gasteiger partial charge in [-0.25, -0.2) is 15.7 Å². The van der Waals surface area contributed by atoms with Crippen molar-refractivity contribution in [1.82, 2.24) is 15.8 Å². The number of carbonyl (C=O) groups is 3. The molecule has 0 radical (unpaired) electrons. The normalized spacial score (nSPS) is 17.0. The number of nitrogens with one attached hydrogen (secondary N) is 2. The second-order valence-corrected chi connectivity index (χ2v) is 7.54. The van der Waals surface area contributed by atoms with Crippen LogP contribution in [0.2, 0.25) is 0 Å². The molecule has 3 amide bonds. The van der Waals surface area contributed by atoms with Crippen LogP contribution in [-0.2, 0) is 9.53 Å². The standard InChI is InChI=1S/C20H26N4O5/c1-20(2,3)29-19(27)24-11-5-8-16(24)13-21-22-18(26)15-7-4-6-14(12-15)9-10-17(25)23-28/h4,6-7,9-10,12-13,16,28H,5,8,11H2,1-3H3,(H,22,26)(H,23,25)/t16-/m0/s1. The number of hydrogen-bond acceptors (Lipinski definition) is 6. The number of nitrogens with zero attached hydrogens (tertiary/aromatic N) is 2. The molecule has 1 aromatic carbocycles. The summed E-state index contributed by atoms with van der Waals surface area (Å²) in [6.45, 7) is 6.01. The highest BCUT2D eigenvalue weighted by molar-refractivity contribution is 5.96. The maximum atomic E-state index is 12.3. The largest absolute Gasteiger partial charge is 0.444 e. The minimum Gasteiger partial charge on any atom is -0.444 e. The van der Waals surface area contributed by atoms with Crippen LogP contribution in [-0.4, -0.2) is 52.4 Å². The number of likely N-dealkylation sites (tertiary alicyclic amines) is 1. The number of benzene rings is 1. The van der Waals surface area contributed by atoms with Crippen LogP contribution in [0, 0.1) is 0 Å². The molecular formula is C20H26N4O5. The van der Waals surface area contributed by atoms with Crippen LogP contribution >= 0.6 is 0 Å². The van der Waals surface area contributed by atoms with Crippen molar-refractivity contribution in [2.45, 2.75) is 45.3 Å². The van der Waals surface area contributed by atoms with E-state index in [1.807, 2.05) is 20.8 Å². The fourth-order valence-corrected chi connectivity index (χ4v) is 2.73. The van der Waals surface area contributed by atoms with Crippen molar-refractivity contribution in [3.8, 4) is 0 Å². The van der Waals surface area contributed by atoms with Gasteiger partial charge in [-0.05, 0) is 57.4 Å². The van der Waals surface area contributed by atoms with Crippen LogP contribution in [0.3, 0.4) is 0 Å². The van der Waals surface area contributed by atoms with E-state index in [0.29, 0.717) is 17.7 Å². The first kappa shape index (κ1) is 22.1. The van der Waals surface area contributed by atoms with Crippen molar-refractivity contribution in [3.63, 3.8) is 0 Å². The fourth-order valence-electron chi connectivity index (χ4n) is 2.73. The average Bonchev–Trinajstić information content (AvgIpc) is 3.13. The van der Waals surface area contributed by atoms with Crippen molar-refractivity contribution in [2.24, 2.45) is 5.10 Å². The van der Waals surface area contributed by atoms with Gasteiger partial charge < -0.3 is 9.64 Å². The van der Waals surface area contributed by atoms with Gasteiger partial charge in [0.25, 0.3) is 11.8 Å². The molecule has 0 bridgehead atoms. The van der Waals surface area contributed by atoms with E-state index in [1.54, 1.807) is 29.2 Å². The molecular weight excluding hydrogens is 376 g/mol. The van der Waals surface area contributed by atoms with Gasteiger partial charge in [0.15, 0.2) is 0 Å². The van der Waals surface area contributed by atoms with Crippen molar-refractivity contribution < 1.29 is 24.3 Å². The van der Waals surface area contributed by atoms with E-state index in [4.69, 9.17) is 9.94 Å². The summed E-state index contributed by atoms with van der Waals surface area (Å²) in [6.07, 6.45) is 5.31. The molecule has 1 saturated heterocycles. The molecule has 3 N–H and O–H groups in total. The van der Waals surface area contributed by atoms with Crippen LogP contribution in [0.4, 0.5) is 4.79 Å². The maximum absolute atomic E-state index is 12.3. The van der Waals surface area contributed by atoms with Gasteiger partial charge in [0.1, 0.15) is 5.60 Å². The first-order valence-corrected chi connectivity index (χ1v) is 9.25. The van der Waals surface area contributed by atoms with Crippen molar-refractivity contribution in [2.75, 3.05) is 6.54 Å². The zero-order chi connectivity index (χ0) is 21.4. The molecule has 1 aliphatic heterocycles. The predicted octanol–water partition coefficient (Wildman–Crippen LogP) is 2.32. The lowest BCUT2D eigenvalue weighted by molar-refractivity contribution is -0.124. The molecule has 1 fully saturated rings. The minimum absolute atomic E-state index is 0.239. The smallest absolute Gasteiger partial charge is 0.410 e. The molecule has 0 aromatic heterocycles. The molecule has 156 valence electrons. The van der Waals surface area contributed by atoms with Crippen LogP contribution in [0.15, 0.2) is 35.4 Å². The number of hydrazone groups is 1. The quantitative estimate of drug-likeness (QED) is 0.302. The summed E-state index contributed by atoms with van der Waals surface area (Å²) in [5.74, 6) is -1.10. The Labute approximate surface area is 169 Å². The number of rotatable bonds is 5. The molecule has 1 atom stereocenters. The first-order valence-electron chi connectivity index (χ1n) is 9.25. The summed E-state index contributed by atoms with van der Waals surface area (Å²) >= 11 is 0. The molecule has 0 saturated carbocycles. The van der Waals surface area contributed by atoms with Crippen molar-refractivity contribution >= 4 is 30.2 Å². The molecule has 0 aliphatic carbocycles. The van der Waals surface area contributed by atoms with E-state index < -0.39 is 23.5 Å². The summed E-state index contributed by atoms with van der Waals surface area (Å²) in [7, 11) is 0. The summed E-state index contributed by atoms with van der Waals surface area (Å²) in [4.78, 5) is 37.2. The third-order valence-electron chi connectivity index (χ3n) is 4.03. The van der Waals surface area contributed by atoms with Gasteiger partial charge in [-0.15, -0.1) is 0 Å². The number of ether oxygens (including phenoxy) is 1. The molecule has 0 unspecified atom stereocenters. The molecule has 9 heteroatoms. The van der Waals surface area contributed by atoms with E-state index in [1.165, 1.54) is 17.8 Å². The molecule has 2 rings (SSSR count). The van der Waals surface area contributed by atoms with E-state index in [0.717, 1.165) is 18.9 Å². The highest BCUT2D eigenvalue weighted by Gasteiger charge is 2.31. The molecule has 1 heterocycles. The lowest BCUT2D eigenvalue weighted by Gasteiger charge is -2.26. The molecule has 1 aromatic rings. The summed E-state index contributed by atoms with van der Waals surface area (Å²) in [5.41, 5.74) is 4.32. The topological polar surface area (TPSA) is 120 Å². The van der Waals surface area contributed by atoms with Gasteiger partial charge in [0.05, 0.1) is 6.04 Å². The Morgan fingerprint density at radius 2 is 2.07 bits per heavy atom. The molecule has 1 aliphatic rings. The van der Waals surface area contributed by atoms with Crippen LogP contribution < -0.4 is 10.9 Å². The minimum atomic E-state index is -0.671. The number of hydrogen-bond donors (Lipinski definition) is 3. The number of carbonyl (C=O) groups excluding carboxylic acids is 3. The first-order chi connectivity index (χ1) is 13.7. The Kier molecular flexibility index (Phi) is 7.49. The van der Waals surface area contributed by atoms with Crippen LogP contribution in [0.1, 0.15) is 49.5 Å². The molecule has 29 heavy (non-hydrogen) atoms. The van der Waals surface area contributed by atoms with Crippen molar-refractivity contribution in [3.05, 3.63) is 41.5 Å². The van der Waals surface area contributed by atoms with Gasteiger partial charge in [-0.2, -0.15) is 5.10 Å². The van der Waals surface area contributed by atoms with Gasteiger partial charge >= 0.3 is 6.09 Å². The highest BCUT2D eigenvalue weighted by atomic mass is 16.6. The van der Waals surface area contributed by atoms with Crippen LogP contribution in [0.25, 0.3) is 6.08 Å². The second kappa shape index (κ2) is 9.83. The fraction of sp³-hybridized carbons (Fsp3) is 0.400. The Balaban J connectivity index is 1.96. The summed E-state index contributed by atoms with van der Waals surface area (Å²) < 4.78 is 5.40. The maximum Gasteiger partial charge on any atom is 0.410 e. The van der Waals surface area contributed by atoms with Crippen LogP contribution in [0.5, 0.6) is 0 Å². The second-order valence-electron chi connectivity index (χ2n) is 7.54. The monoisotopic (exact) mass is 402 g/mol.